The van der Waals surface area contributed by atoms with Crippen LogP contribution in [0, 0.1) is 0 Å². The van der Waals surface area contributed by atoms with Gasteiger partial charge >= 0.3 is 0 Å². The van der Waals surface area contributed by atoms with Crippen LogP contribution in [-0.4, -0.2) is 19.1 Å². The number of imidazole rings is 2. The second-order valence-corrected chi connectivity index (χ2v) is 2.62. The van der Waals surface area contributed by atoms with Crippen molar-refractivity contribution in [3.63, 3.8) is 0 Å². The van der Waals surface area contributed by atoms with Crippen molar-refractivity contribution < 1.29 is 4.74 Å². The molecule has 5 nitrogen and oxygen atoms in total. The average molecular weight is 215 g/mol. The van der Waals surface area contributed by atoms with E-state index in [0.29, 0.717) is 13.5 Å². The quantitative estimate of drug-likeness (QED) is 0.767. The first-order valence-electron chi connectivity index (χ1n) is 3.94. The maximum absolute atomic E-state index is 5.37. The zero-order chi connectivity index (χ0) is 8.93. The molecule has 0 fully saturated rings. The summed E-state index contributed by atoms with van der Waals surface area (Å²) >= 11 is 0. The minimum absolute atomic E-state index is 0. The van der Waals surface area contributed by atoms with E-state index in [1.165, 1.54) is 0 Å². The van der Waals surface area contributed by atoms with Gasteiger partial charge in [-0.3, -0.25) is 0 Å². The molecule has 0 aliphatic rings. The largest absolute Gasteiger partial charge is 0.340 e. The van der Waals surface area contributed by atoms with Gasteiger partial charge in [-0.1, -0.05) is 0 Å². The molecule has 0 radical (unpaired) electrons. The van der Waals surface area contributed by atoms with Crippen molar-refractivity contribution in [2.75, 3.05) is 0 Å². The van der Waals surface area contributed by atoms with Gasteiger partial charge in [0.05, 0.1) is 12.7 Å². The minimum atomic E-state index is 0. The summed E-state index contributed by atoms with van der Waals surface area (Å²) in [5.41, 5.74) is 0. The molecule has 0 aliphatic heterocycles. The van der Waals surface area contributed by atoms with Crippen molar-refractivity contribution in [3.8, 4) is 0 Å². The van der Waals surface area contributed by atoms with Crippen LogP contribution in [0.25, 0.3) is 0 Å². The Morgan fingerprint density at radius 2 is 1.43 bits per heavy atom. The maximum Gasteiger partial charge on any atom is 0.126 e. The average Bonchev–Trinajstić information content (AvgIpc) is 2.75. The Kier molecular flexibility index (Phi) is 4.15. The topological polar surface area (TPSA) is 44.9 Å². The summed E-state index contributed by atoms with van der Waals surface area (Å²) < 4.78 is 9.08. The molecule has 2 aromatic heterocycles. The predicted octanol–water partition coefficient (Wildman–Crippen LogP) is 1.13. The maximum atomic E-state index is 5.37. The Bertz CT molecular complexity index is 298. The molecule has 2 rings (SSSR count). The number of ether oxygens (including phenoxy) is 1. The Hall–Kier alpha value is -1.33. The second-order valence-electron chi connectivity index (χ2n) is 2.62. The van der Waals surface area contributed by atoms with E-state index in [9.17, 15) is 0 Å². The van der Waals surface area contributed by atoms with E-state index >= 15 is 0 Å². The summed E-state index contributed by atoms with van der Waals surface area (Å²) in [5, 5.41) is 0. The van der Waals surface area contributed by atoms with Gasteiger partial charge in [0.1, 0.15) is 13.5 Å². The lowest BCUT2D eigenvalue weighted by Crippen LogP contribution is -2.04. The second kappa shape index (κ2) is 5.41. The molecule has 0 spiro atoms. The molecule has 6 heteroatoms. The van der Waals surface area contributed by atoms with E-state index in [1.807, 2.05) is 21.5 Å². The van der Waals surface area contributed by atoms with Crippen molar-refractivity contribution in [2.45, 2.75) is 13.5 Å². The van der Waals surface area contributed by atoms with Gasteiger partial charge in [-0.05, 0) is 0 Å². The lowest BCUT2D eigenvalue weighted by atomic mass is 10.9. The number of halogens is 1. The monoisotopic (exact) mass is 214 g/mol. The molecule has 76 valence electrons. The first-order valence-corrected chi connectivity index (χ1v) is 3.94. The Labute approximate surface area is 87.8 Å². The molecular weight excluding hydrogens is 204 g/mol. The molecule has 0 atom stereocenters. The fourth-order valence-electron chi connectivity index (χ4n) is 0.978. The number of rotatable bonds is 4. The Balaban J connectivity index is 0.000000980. The van der Waals surface area contributed by atoms with Gasteiger partial charge in [0.25, 0.3) is 0 Å². The SMILES string of the molecule is Cl.c1cn(COCn2ccnc2)cn1. The smallest absolute Gasteiger partial charge is 0.126 e. The molecule has 14 heavy (non-hydrogen) atoms. The molecule has 0 aromatic carbocycles. The summed E-state index contributed by atoms with van der Waals surface area (Å²) in [6.07, 6.45) is 10.6. The Morgan fingerprint density at radius 1 is 0.929 bits per heavy atom. The molecule has 0 saturated heterocycles. The normalized spacial score (nSPS) is 9.71. The predicted molar refractivity (Wildman–Crippen MR) is 52.8 cm³/mol. The molecular formula is C8H11ClN4O. The highest BCUT2D eigenvalue weighted by molar-refractivity contribution is 5.85. The molecule has 0 bridgehead atoms. The van der Waals surface area contributed by atoms with Crippen LogP contribution >= 0.6 is 12.4 Å². The van der Waals surface area contributed by atoms with Crippen LogP contribution in [0.5, 0.6) is 0 Å². The van der Waals surface area contributed by atoms with Crippen molar-refractivity contribution in [1.29, 1.82) is 0 Å². The molecule has 0 unspecified atom stereocenters. The van der Waals surface area contributed by atoms with Gasteiger partial charge in [0.15, 0.2) is 0 Å². The number of nitrogens with zero attached hydrogens (tertiary/aromatic N) is 4. The first-order chi connectivity index (χ1) is 6.45. The van der Waals surface area contributed by atoms with Gasteiger partial charge in [-0.25, -0.2) is 9.97 Å². The first kappa shape index (κ1) is 10.7. The summed E-state index contributed by atoms with van der Waals surface area (Å²) in [4.78, 5) is 7.80. The van der Waals surface area contributed by atoms with Crippen molar-refractivity contribution >= 4 is 12.4 Å². The minimum Gasteiger partial charge on any atom is -0.340 e. The van der Waals surface area contributed by atoms with Crippen molar-refractivity contribution in [2.24, 2.45) is 0 Å². The third-order valence-electron chi connectivity index (χ3n) is 1.60. The van der Waals surface area contributed by atoms with Crippen LogP contribution in [-0.2, 0) is 18.2 Å². The van der Waals surface area contributed by atoms with Crippen LogP contribution in [0.4, 0.5) is 0 Å². The van der Waals surface area contributed by atoms with E-state index in [4.69, 9.17) is 4.74 Å². The molecule has 2 aromatic rings. The highest BCUT2D eigenvalue weighted by atomic mass is 35.5. The van der Waals surface area contributed by atoms with Crippen LogP contribution in [0.15, 0.2) is 37.4 Å². The molecule has 0 amide bonds. The van der Waals surface area contributed by atoms with Crippen LogP contribution < -0.4 is 0 Å². The van der Waals surface area contributed by atoms with Crippen molar-refractivity contribution in [1.82, 2.24) is 19.1 Å². The molecule has 0 N–H and O–H groups in total. The van der Waals surface area contributed by atoms with Gasteiger partial charge < -0.3 is 13.9 Å². The fourth-order valence-corrected chi connectivity index (χ4v) is 0.978. The highest BCUT2D eigenvalue weighted by Gasteiger charge is 1.90. The van der Waals surface area contributed by atoms with Gasteiger partial charge in [-0.2, -0.15) is 0 Å². The highest BCUT2D eigenvalue weighted by Crippen LogP contribution is 1.91. The summed E-state index contributed by atoms with van der Waals surface area (Å²) in [5.74, 6) is 0. The van der Waals surface area contributed by atoms with E-state index in [2.05, 4.69) is 9.97 Å². The van der Waals surface area contributed by atoms with Crippen LogP contribution in [0.1, 0.15) is 0 Å². The number of aromatic nitrogens is 4. The summed E-state index contributed by atoms with van der Waals surface area (Å²) in [6.45, 7) is 1.02. The van der Waals surface area contributed by atoms with Crippen LogP contribution in [0.3, 0.4) is 0 Å². The number of hydrogen-bond donors (Lipinski definition) is 0. The van der Waals surface area contributed by atoms with E-state index in [0.717, 1.165) is 0 Å². The van der Waals surface area contributed by atoms with Crippen LogP contribution in [0.2, 0.25) is 0 Å². The van der Waals surface area contributed by atoms with Gasteiger partial charge in [-0.15, -0.1) is 12.4 Å². The number of hydrogen-bond acceptors (Lipinski definition) is 3. The standard InChI is InChI=1S/C8H10N4O.ClH/c1-3-11(5-9-1)7-13-8-12-4-2-10-6-12;/h1-6H,7-8H2;1H. The lowest BCUT2D eigenvalue weighted by molar-refractivity contribution is 0.0273. The van der Waals surface area contributed by atoms with Gasteiger partial charge in [0, 0.05) is 24.8 Å². The molecule has 2 heterocycles. The zero-order valence-electron chi connectivity index (χ0n) is 7.48. The molecule has 0 saturated carbocycles. The molecule has 0 aliphatic carbocycles. The third kappa shape index (κ3) is 2.86. The zero-order valence-corrected chi connectivity index (χ0v) is 8.30. The Morgan fingerprint density at radius 3 is 1.79 bits per heavy atom. The van der Waals surface area contributed by atoms with Gasteiger partial charge in [0.2, 0.25) is 0 Å². The summed E-state index contributed by atoms with van der Waals surface area (Å²) in [7, 11) is 0. The lowest BCUT2D eigenvalue weighted by Gasteiger charge is -2.04. The third-order valence-corrected chi connectivity index (χ3v) is 1.60. The summed E-state index contributed by atoms with van der Waals surface area (Å²) in [6, 6.07) is 0. The van der Waals surface area contributed by atoms with Crippen molar-refractivity contribution in [3.05, 3.63) is 37.4 Å². The van der Waals surface area contributed by atoms with E-state index < -0.39 is 0 Å². The van der Waals surface area contributed by atoms with E-state index in [1.54, 1.807) is 25.0 Å². The fraction of sp³-hybridized carbons (Fsp3) is 0.250. The van der Waals surface area contributed by atoms with E-state index in [-0.39, 0.29) is 12.4 Å².